The molecule has 2 heterocycles. The van der Waals surface area contributed by atoms with Crippen molar-refractivity contribution in [1.82, 2.24) is 20.4 Å². The first-order valence-electron chi connectivity index (χ1n) is 13.4. The fraction of sp³-hybridized carbons (Fsp3) is 0.333. The van der Waals surface area contributed by atoms with Crippen molar-refractivity contribution in [2.45, 2.75) is 24.3 Å². The first kappa shape index (κ1) is 29.7. The van der Waals surface area contributed by atoms with Crippen LogP contribution in [0.3, 0.4) is 0 Å². The summed E-state index contributed by atoms with van der Waals surface area (Å²) < 4.78 is 2.24. The molecule has 0 saturated carbocycles. The maximum absolute atomic E-state index is 4.79. The summed E-state index contributed by atoms with van der Waals surface area (Å²) in [6, 6.07) is 25.9. The van der Waals surface area contributed by atoms with Crippen LogP contribution in [-0.4, -0.2) is 59.9 Å². The maximum Gasteiger partial charge on any atom is 0.159 e. The largest absolute Gasteiger partial charge is 0.352 e. The molecule has 2 N–H and O–H groups in total. The minimum atomic E-state index is 0.745. The van der Waals surface area contributed by atoms with Gasteiger partial charge in [-0.25, -0.2) is 9.98 Å². The van der Waals surface area contributed by atoms with Crippen LogP contribution in [0.4, 0.5) is 0 Å². The van der Waals surface area contributed by atoms with Gasteiger partial charge in [-0.2, -0.15) is 0 Å². The Hall–Kier alpha value is -1.82. The van der Waals surface area contributed by atoms with Gasteiger partial charge >= 0.3 is 0 Å². The van der Waals surface area contributed by atoms with Gasteiger partial charge in [0.25, 0.3) is 0 Å². The van der Waals surface area contributed by atoms with Crippen LogP contribution in [0.15, 0.2) is 91.7 Å². The van der Waals surface area contributed by atoms with Gasteiger partial charge in [-0.1, -0.05) is 104 Å². The summed E-state index contributed by atoms with van der Waals surface area (Å²) in [5.74, 6) is 1.82. The Kier molecular flexibility index (Phi) is 11.4. The maximum atomic E-state index is 4.79. The van der Waals surface area contributed by atoms with E-state index in [0.29, 0.717) is 0 Å². The molecule has 40 heavy (non-hydrogen) atoms. The Morgan fingerprint density at radius 2 is 1.05 bits per heavy atom. The van der Waals surface area contributed by atoms with Crippen molar-refractivity contribution in [3.63, 3.8) is 0 Å². The van der Waals surface area contributed by atoms with Gasteiger partial charge in [-0.15, -0.1) is 0 Å². The van der Waals surface area contributed by atoms with Crippen LogP contribution in [0.25, 0.3) is 0 Å². The quantitative estimate of drug-likeness (QED) is 0.251. The van der Waals surface area contributed by atoms with Crippen LogP contribution in [-0.2, 0) is 24.3 Å². The van der Waals surface area contributed by atoms with E-state index in [1.54, 1.807) is 23.5 Å². The molecule has 3 aromatic rings. The molecule has 3 aromatic carbocycles. The summed E-state index contributed by atoms with van der Waals surface area (Å²) in [6.07, 6.45) is 2.06. The number of hydrogen-bond acceptors (Lipinski definition) is 8. The molecule has 2 aliphatic rings. The number of halogens is 2. The summed E-state index contributed by atoms with van der Waals surface area (Å²) in [4.78, 5) is 14.3. The monoisotopic (exact) mass is 700 g/mol. The lowest BCUT2D eigenvalue weighted by atomic mass is 10.1. The molecule has 0 fully saturated rings. The number of rotatable bonds is 10. The number of amidine groups is 2. The minimum Gasteiger partial charge on any atom is -0.352 e. The third-order valence-corrected chi connectivity index (χ3v) is 9.91. The molecule has 0 bridgehead atoms. The summed E-state index contributed by atoms with van der Waals surface area (Å²) in [5, 5.41) is 9.07. The summed E-state index contributed by atoms with van der Waals surface area (Å²) in [6.45, 7) is 5.16. The summed E-state index contributed by atoms with van der Waals surface area (Å²) >= 11 is 10.6. The number of nitrogens with zero attached hydrogens (tertiary/aromatic N) is 4. The highest BCUT2D eigenvalue weighted by molar-refractivity contribution is 9.10. The Labute approximate surface area is 262 Å². The van der Waals surface area contributed by atoms with E-state index < -0.39 is 0 Å². The second kappa shape index (κ2) is 15.4. The minimum absolute atomic E-state index is 0.745. The number of thioether (sulfide) groups is 2. The Morgan fingerprint density at radius 3 is 1.43 bits per heavy atom. The molecule has 5 rings (SSSR count). The normalized spacial score (nSPS) is 16.1. The van der Waals surface area contributed by atoms with Crippen LogP contribution >= 0.6 is 55.4 Å². The third-order valence-electron chi connectivity index (χ3n) is 6.84. The standard InChI is InChI=1S/C30H34Br2N6S2/c31-27-9-5-23(6-10-27)13-15-37-19-33-29(34-20-37)39-17-25-3-1-2-4-26(25)18-40-30-35-21-38(22-36-30)16-14-24-7-11-28(32)12-8-24/h1-12H,13-22H2,(H,33,34)(H,35,36). The molecule has 0 amide bonds. The average Bonchev–Trinajstić information content (AvgIpc) is 3.00. The fourth-order valence-corrected chi connectivity index (χ4v) is 6.71. The van der Waals surface area contributed by atoms with Gasteiger partial charge in [0.2, 0.25) is 0 Å². The van der Waals surface area contributed by atoms with E-state index >= 15 is 0 Å². The molecule has 0 aliphatic carbocycles. The van der Waals surface area contributed by atoms with Gasteiger partial charge < -0.3 is 10.6 Å². The number of benzene rings is 3. The van der Waals surface area contributed by atoms with Crippen LogP contribution in [0.5, 0.6) is 0 Å². The van der Waals surface area contributed by atoms with Gasteiger partial charge in [0.15, 0.2) is 10.3 Å². The van der Waals surface area contributed by atoms with Crippen molar-refractivity contribution < 1.29 is 0 Å². The molecule has 2 aliphatic heterocycles. The second-order valence-electron chi connectivity index (χ2n) is 9.77. The number of aliphatic imine (C=N–C) groups is 2. The molecule has 0 aromatic heterocycles. The lowest BCUT2D eigenvalue weighted by Gasteiger charge is -2.27. The topological polar surface area (TPSA) is 55.3 Å². The molecule has 6 nitrogen and oxygen atoms in total. The average molecular weight is 703 g/mol. The van der Waals surface area contributed by atoms with E-state index in [1.807, 2.05) is 0 Å². The van der Waals surface area contributed by atoms with E-state index in [9.17, 15) is 0 Å². The van der Waals surface area contributed by atoms with Crippen LogP contribution in [0.2, 0.25) is 0 Å². The van der Waals surface area contributed by atoms with Crippen LogP contribution < -0.4 is 10.6 Å². The van der Waals surface area contributed by atoms with Gasteiger partial charge in [-0.3, -0.25) is 9.80 Å². The van der Waals surface area contributed by atoms with Gasteiger partial charge in [-0.05, 0) is 59.4 Å². The molecule has 210 valence electrons. The number of hydrogen-bond donors (Lipinski definition) is 2. The zero-order valence-corrected chi connectivity index (χ0v) is 27.2. The first-order valence-corrected chi connectivity index (χ1v) is 17.0. The smallest absolute Gasteiger partial charge is 0.159 e. The van der Waals surface area contributed by atoms with Crippen molar-refractivity contribution >= 4 is 65.7 Å². The number of nitrogens with one attached hydrogen (secondary N) is 2. The third kappa shape index (κ3) is 9.36. The fourth-order valence-electron chi connectivity index (χ4n) is 4.40. The highest BCUT2D eigenvalue weighted by atomic mass is 79.9. The van der Waals surface area contributed by atoms with Crippen molar-refractivity contribution in [2.75, 3.05) is 39.8 Å². The molecule has 0 atom stereocenters. The summed E-state index contributed by atoms with van der Waals surface area (Å²) in [7, 11) is 0. The molecule has 0 radical (unpaired) electrons. The lowest BCUT2D eigenvalue weighted by Crippen LogP contribution is -2.42. The zero-order valence-electron chi connectivity index (χ0n) is 22.4. The molecule has 0 unspecified atom stereocenters. The summed E-state index contributed by atoms with van der Waals surface area (Å²) in [5.41, 5.74) is 5.42. The molecule has 0 saturated heterocycles. The Bertz CT molecular complexity index is 1200. The van der Waals surface area contributed by atoms with E-state index in [1.165, 1.54) is 22.3 Å². The molecular formula is C30H34Br2N6S2. The van der Waals surface area contributed by atoms with Crippen molar-refractivity contribution in [3.8, 4) is 0 Å². The van der Waals surface area contributed by atoms with E-state index in [4.69, 9.17) is 9.98 Å². The molecule has 0 spiro atoms. The molecular weight excluding hydrogens is 668 g/mol. The van der Waals surface area contributed by atoms with Crippen LogP contribution in [0, 0.1) is 0 Å². The Morgan fingerprint density at radius 1 is 0.625 bits per heavy atom. The second-order valence-corrected chi connectivity index (χ2v) is 13.5. The van der Waals surface area contributed by atoms with Crippen molar-refractivity contribution in [3.05, 3.63) is 104 Å². The van der Waals surface area contributed by atoms with Gasteiger partial charge in [0, 0.05) is 33.5 Å². The predicted octanol–water partition coefficient (Wildman–Crippen LogP) is 6.52. The highest BCUT2D eigenvalue weighted by Crippen LogP contribution is 2.23. The van der Waals surface area contributed by atoms with Crippen molar-refractivity contribution in [1.29, 1.82) is 0 Å². The predicted molar refractivity (Wildman–Crippen MR) is 179 cm³/mol. The van der Waals surface area contributed by atoms with E-state index in [2.05, 4.69) is 125 Å². The first-order chi connectivity index (χ1) is 19.6. The van der Waals surface area contributed by atoms with Gasteiger partial charge in [0.1, 0.15) is 0 Å². The highest BCUT2D eigenvalue weighted by Gasteiger charge is 2.15. The molecule has 10 heteroatoms. The van der Waals surface area contributed by atoms with Crippen molar-refractivity contribution in [2.24, 2.45) is 9.98 Å². The zero-order chi connectivity index (χ0) is 27.6. The van der Waals surface area contributed by atoms with Crippen LogP contribution in [0.1, 0.15) is 22.3 Å². The van der Waals surface area contributed by atoms with Gasteiger partial charge in [0.05, 0.1) is 26.7 Å². The SMILES string of the molecule is Brc1ccc(CCN2CN=C(SCc3ccccc3CSC3=NCN(CCc4ccc(Br)cc4)CN3)NC2)cc1. The Balaban J connectivity index is 1.03. The van der Waals surface area contributed by atoms with E-state index in [0.717, 1.165) is 83.4 Å². The van der Waals surface area contributed by atoms with E-state index in [-0.39, 0.29) is 0 Å². The lowest BCUT2D eigenvalue weighted by molar-refractivity contribution is 0.270.